The number of hydrogen-bond donors (Lipinski definition) is 4. The summed E-state index contributed by atoms with van der Waals surface area (Å²) in [4.78, 5) is 22.3. The van der Waals surface area contributed by atoms with Gasteiger partial charge in [-0.25, -0.2) is 15.0 Å². The molecule has 0 aliphatic carbocycles. The maximum atomic E-state index is 10.4. The van der Waals surface area contributed by atoms with Gasteiger partial charge >= 0.3 is 0 Å². The van der Waals surface area contributed by atoms with E-state index in [1.54, 1.807) is 31.5 Å². The predicted octanol–water partition coefficient (Wildman–Crippen LogP) is 3.07. The number of nitriles is 1. The molecule has 0 fully saturated rings. The number of aliphatic hydroxyl groups is 1. The third-order valence-electron chi connectivity index (χ3n) is 3.87. The van der Waals surface area contributed by atoms with E-state index in [-0.39, 0.29) is 30.5 Å². The molecule has 35 heavy (non-hydrogen) atoms. The lowest BCUT2D eigenvalue weighted by Gasteiger charge is -2.13. The van der Waals surface area contributed by atoms with Gasteiger partial charge in [-0.05, 0) is 24.3 Å². The topological polar surface area (TPSA) is 166 Å². The smallest absolute Gasteiger partial charge is 0.228 e. The Hall–Kier alpha value is -4.11. The maximum Gasteiger partial charge on any atom is 0.228 e. The summed E-state index contributed by atoms with van der Waals surface area (Å²) in [6.07, 6.45) is 4.54. The van der Waals surface area contributed by atoms with Crippen LogP contribution in [0.5, 0.6) is 5.88 Å². The highest BCUT2D eigenvalue weighted by molar-refractivity contribution is 6.33. The lowest BCUT2D eigenvalue weighted by atomic mass is 10.2. The number of hydrogen-bond acceptors (Lipinski definition) is 11. The van der Waals surface area contributed by atoms with Crippen molar-refractivity contribution in [2.24, 2.45) is 0 Å². The van der Waals surface area contributed by atoms with Crippen LogP contribution in [0.4, 0.5) is 17.3 Å². The van der Waals surface area contributed by atoms with Gasteiger partial charge in [0.05, 0.1) is 35.1 Å². The highest BCUT2D eigenvalue weighted by Crippen LogP contribution is 2.30. The first-order valence-electron chi connectivity index (χ1n) is 10.1. The molecule has 0 saturated heterocycles. The van der Waals surface area contributed by atoms with E-state index in [0.717, 1.165) is 12.0 Å². The van der Waals surface area contributed by atoms with Crippen LogP contribution in [0.25, 0.3) is 0 Å². The zero-order chi connectivity index (χ0) is 25.9. The minimum absolute atomic E-state index is 0.0881. The third-order valence-corrected chi connectivity index (χ3v) is 4.19. The van der Waals surface area contributed by atoms with E-state index < -0.39 is 0 Å². The largest absolute Gasteiger partial charge is 0.469 e. The molecule has 0 unspecified atom stereocenters. The fourth-order valence-corrected chi connectivity index (χ4v) is 2.52. The van der Waals surface area contributed by atoms with Crippen molar-refractivity contribution in [3.63, 3.8) is 0 Å². The number of aldehydes is 1. The molecule has 11 nitrogen and oxygen atoms in total. The zero-order valence-corrected chi connectivity index (χ0v) is 20.0. The van der Waals surface area contributed by atoms with Crippen LogP contribution < -0.4 is 15.4 Å². The van der Waals surface area contributed by atoms with Crippen molar-refractivity contribution in [1.82, 2.24) is 15.0 Å². The lowest BCUT2D eigenvalue weighted by Crippen LogP contribution is -2.07. The maximum absolute atomic E-state index is 10.4. The highest BCUT2D eigenvalue weighted by atomic mass is 35.5. The first-order valence-corrected chi connectivity index (χ1v) is 10.5. The number of para-hydroxylation sites is 1. The second-order valence-electron chi connectivity index (χ2n) is 6.14. The van der Waals surface area contributed by atoms with E-state index >= 15 is 0 Å². The van der Waals surface area contributed by atoms with Crippen LogP contribution >= 0.6 is 11.6 Å². The first kappa shape index (κ1) is 28.9. The molecule has 4 N–H and O–H groups in total. The van der Waals surface area contributed by atoms with Crippen molar-refractivity contribution in [1.29, 1.82) is 10.7 Å². The molecule has 2 heterocycles. The van der Waals surface area contributed by atoms with Gasteiger partial charge in [0.15, 0.2) is 6.29 Å². The molecule has 0 amide bonds. The van der Waals surface area contributed by atoms with Crippen LogP contribution in [0.15, 0.2) is 48.9 Å². The van der Waals surface area contributed by atoms with Crippen LogP contribution in [0.1, 0.15) is 11.1 Å². The van der Waals surface area contributed by atoms with E-state index in [2.05, 4.69) is 30.3 Å². The number of carbonyl (C=O) groups excluding carboxylic acids is 1. The number of aliphatic hydroxyl groups excluding tert-OH is 1. The number of rotatable bonds is 9. The van der Waals surface area contributed by atoms with Crippen molar-refractivity contribution in [3.05, 3.63) is 65.1 Å². The second-order valence-corrected chi connectivity index (χ2v) is 6.55. The SMILES string of the molecule is CNc1ccccn1.COCCO.N#Cc1cccc(Cl)c1Nc1ncnc(OCC=O)c1C=N. The van der Waals surface area contributed by atoms with Gasteiger partial charge in [0, 0.05) is 26.6 Å². The average Bonchev–Trinajstić information content (AvgIpc) is 2.90. The molecule has 184 valence electrons. The Kier molecular flexibility index (Phi) is 14.4. The Morgan fingerprint density at radius 2 is 2.03 bits per heavy atom. The molecule has 0 saturated carbocycles. The number of carbonyl (C=O) groups is 1. The molecular formula is C23H26ClN7O4. The van der Waals surface area contributed by atoms with Crippen molar-refractivity contribution >= 4 is 41.4 Å². The molecule has 3 aromatic rings. The van der Waals surface area contributed by atoms with Gasteiger partial charge in [0.1, 0.15) is 30.6 Å². The third kappa shape index (κ3) is 10.1. The summed E-state index contributed by atoms with van der Waals surface area (Å²) in [5.41, 5.74) is 0.945. The molecule has 12 heteroatoms. The van der Waals surface area contributed by atoms with Crippen molar-refractivity contribution in [2.45, 2.75) is 0 Å². The van der Waals surface area contributed by atoms with Crippen LogP contribution in [-0.2, 0) is 9.53 Å². The summed E-state index contributed by atoms with van der Waals surface area (Å²) in [7, 11) is 3.40. The van der Waals surface area contributed by atoms with Gasteiger partial charge in [-0.15, -0.1) is 0 Å². The second kappa shape index (κ2) is 17.4. The summed E-state index contributed by atoms with van der Waals surface area (Å²) in [5, 5.41) is 30.7. The number of anilines is 3. The number of benzene rings is 1. The first-order chi connectivity index (χ1) is 17.1. The molecule has 1 aromatic carbocycles. The van der Waals surface area contributed by atoms with E-state index in [4.69, 9.17) is 32.1 Å². The highest BCUT2D eigenvalue weighted by Gasteiger charge is 2.14. The van der Waals surface area contributed by atoms with E-state index in [0.29, 0.717) is 29.2 Å². The fraction of sp³-hybridized carbons (Fsp3) is 0.217. The van der Waals surface area contributed by atoms with E-state index in [9.17, 15) is 4.79 Å². The molecule has 0 aliphatic heterocycles. The minimum atomic E-state index is -0.188. The van der Waals surface area contributed by atoms with Gasteiger partial charge in [0.25, 0.3) is 0 Å². The summed E-state index contributed by atoms with van der Waals surface area (Å²) >= 11 is 6.09. The number of nitrogens with zero attached hydrogens (tertiary/aromatic N) is 4. The summed E-state index contributed by atoms with van der Waals surface area (Å²) in [5.74, 6) is 1.24. The van der Waals surface area contributed by atoms with Gasteiger partial charge < -0.3 is 30.6 Å². The van der Waals surface area contributed by atoms with Gasteiger partial charge in [-0.2, -0.15) is 5.26 Å². The number of halogens is 1. The molecule has 3 rings (SSSR count). The summed E-state index contributed by atoms with van der Waals surface area (Å²) < 4.78 is 9.57. The number of aromatic nitrogens is 3. The van der Waals surface area contributed by atoms with Crippen LogP contribution in [0.2, 0.25) is 5.02 Å². The average molecular weight is 500 g/mol. The van der Waals surface area contributed by atoms with Crippen molar-refractivity contribution in [3.8, 4) is 11.9 Å². The van der Waals surface area contributed by atoms with E-state index in [1.165, 1.54) is 6.33 Å². The Labute approximate surface area is 208 Å². The van der Waals surface area contributed by atoms with Crippen molar-refractivity contribution in [2.75, 3.05) is 44.6 Å². The Bertz CT molecular complexity index is 1090. The number of methoxy groups -OCH3 is 1. The molecule has 0 aliphatic rings. The number of nitrogens with one attached hydrogen (secondary N) is 3. The molecule has 0 spiro atoms. The minimum Gasteiger partial charge on any atom is -0.469 e. The summed E-state index contributed by atoms with van der Waals surface area (Å²) in [6.45, 7) is 0.378. The Balaban J connectivity index is 0.000000385. The van der Waals surface area contributed by atoms with Gasteiger partial charge in [-0.1, -0.05) is 23.7 Å². The monoisotopic (exact) mass is 499 g/mol. The van der Waals surface area contributed by atoms with Crippen LogP contribution in [0.3, 0.4) is 0 Å². The molecule has 2 aromatic heterocycles. The normalized spacial score (nSPS) is 9.23. The lowest BCUT2D eigenvalue weighted by molar-refractivity contribution is -0.109. The zero-order valence-electron chi connectivity index (χ0n) is 19.2. The van der Waals surface area contributed by atoms with Crippen molar-refractivity contribution < 1.29 is 19.4 Å². The van der Waals surface area contributed by atoms with Gasteiger partial charge in [-0.3, -0.25) is 4.79 Å². The van der Waals surface area contributed by atoms with Crippen LogP contribution in [-0.4, -0.2) is 66.5 Å². The molecular weight excluding hydrogens is 474 g/mol. The predicted molar refractivity (Wildman–Crippen MR) is 134 cm³/mol. The van der Waals surface area contributed by atoms with Crippen LogP contribution in [0, 0.1) is 16.7 Å². The summed E-state index contributed by atoms with van der Waals surface area (Å²) in [6, 6.07) is 12.6. The fourth-order valence-electron chi connectivity index (χ4n) is 2.30. The standard InChI is InChI=1S/C14H10ClN5O2.C6H8N2.C3H8O2/c15-11-3-1-2-9(6-16)12(11)20-13-10(7-17)14(19-8-18-13)22-5-4-21;1-7-6-4-2-3-5-8-6;1-5-3-2-4/h1-4,7-8,17H,5H2,(H,18,19,20);2-5H,1H3,(H,7,8);4H,2-3H2,1H3. The van der Waals surface area contributed by atoms with E-state index in [1.807, 2.05) is 31.3 Å². The Morgan fingerprint density at radius 3 is 2.54 bits per heavy atom. The molecule has 0 bridgehead atoms. The van der Waals surface area contributed by atoms with Gasteiger partial charge in [0.2, 0.25) is 5.88 Å². The number of pyridine rings is 1. The Morgan fingerprint density at radius 1 is 1.23 bits per heavy atom. The number of ether oxygens (including phenoxy) is 2. The molecule has 0 atom stereocenters. The quantitative estimate of drug-likeness (QED) is 0.254. The molecule has 0 radical (unpaired) electrons.